The molecule has 0 aliphatic carbocycles. The van der Waals surface area contributed by atoms with Gasteiger partial charge < -0.3 is 19.9 Å². The van der Waals surface area contributed by atoms with Crippen molar-refractivity contribution in [2.45, 2.75) is 12.3 Å². The summed E-state index contributed by atoms with van der Waals surface area (Å²) in [7, 11) is 1.69. The van der Waals surface area contributed by atoms with Gasteiger partial charge in [0.25, 0.3) is 0 Å². The molecule has 94 valence electrons. The second-order valence-corrected chi connectivity index (χ2v) is 4.56. The lowest BCUT2D eigenvalue weighted by atomic mass is 9.83. The summed E-state index contributed by atoms with van der Waals surface area (Å²) in [6.45, 7) is 4.41. The van der Waals surface area contributed by atoms with E-state index >= 15 is 0 Å². The molecule has 2 rings (SSSR count). The average Bonchev–Trinajstić information content (AvgIpc) is 2.38. The van der Waals surface area contributed by atoms with E-state index in [1.807, 2.05) is 18.2 Å². The van der Waals surface area contributed by atoms with Crippen LogP contribution in [0.25, 0.3) is 0 Å². The van der Waals surface area contributed by atoms with Crippen molar-refractivity contribution in [2.75, 3.05) is 33.5 Å². The fourth-order valence-electron chi connectivity index (χ4n) is 2.00. The molecule has 0 saturated heterocycles. The van der Waals surface area contributed by atoms with Gasteiger partial charge in [-0.25, -0.2) is 0 Å². The van der Waals surface area contributed by atoms with Crippen molar-refractivity contribution >= 4 is 0 Å². The summed E-state index contributed by atoms with van der Waals surface area (Å²) in [5.41, 5.74) is 6.78. The van der Waals surface area contributed by atoms with Crippen LogP contribution in [0.4, 0.5) is 0 Å². The topological polar surface area (TPSA) is 53.7 Å². The SMILES string of the molecule is COCC(C)(CN)c1ccc2c(c1)OCCO2. The maximum absolute atomic E-state index is 5.85. The lowest BCUT2D eigenvalue weighted by Crippen LogP contribution is -2.36. The first-order valence-electron chi connectivity index (χ1n) is 5.79. The van der Waals surface area contributed by atoms with E-state index in [-0.39, 0.29) is 5.41 Å². The van der Waals surface area contributed by atoms with E-state index in [1.165, 1.54) is 0 Å². The van der Waals surface area contributed by atoms with Crippen molar-refractivity contribution in [3.05, 3.63) is 23.8 Å². The maximum Gasteiger partial charge on any atom is 0.161 e. The summed E-state index contributed by atoms with van der Waals surface area (Å²) < 4.78 is 16.3. The number of methoxy groups -OCH3 is 1. The van der Waals surface area contributed by atoms with Gasteiger partial charge in [-0.1, -0.05) is 13.0 Å². The summed E-state index contributed by atoms with van der Waals surface area (Å²) in [6.07, 6.45) is 0. The zero-order valence-corrected chi connectivity index (χ0v) is 10.4. The molecule has 0 fully saturated rings. The third-order valence-corrected chi connectivity index (χ3v) is 3.15. The zero-order valence-electron chi connectivity index (χ0n) is 10.4. The lowest BCUT2D eigenvalue weighted by Gasteiger charge is -2.29. The van der Waals surface area contributed by atoms with Gasteiger partial charge >= 0.3 is 0 Å². The Morgan fingerprint density at radius 3 is 2.65 bits per heavy atom. The normalized spacial score (nSPS) is 17.6. The first-order chi connectivity index (χ1) is 8.19. The van der Waals surface area contributed by atoms with Crippen LogP contribution in [0.2, 0.25) is 0 Å². The van der Waals surface area contributed by atoms with E-state index in [0.717, 1.165) is 17.1 Å². The van der Waals surface area contributed by atoms with Crippen LogP contribution in [-0.2, 0) is 10.2 Å². The smallest absolute Gasteiger partial charge is 0.161 e. The number of nitrogens with two attached hydrogens (primary N) is 1. The summed E-state index contributed by atoms with van der Waals surface area (Å²) in [5.74, 6) is 1.60. The summed E-state index contributed by atoms with van der Waals surface area (Å²) in [6, 6.07) is 5.97. The number of ether oxygens (including phenoxy) is 3. The minimum absolute atomic E-state index is 0.190. The van der Waals surface area contributed by atoms with Crippen LogP contribution in [0, 0.1) is 0 Å². The fourth-order valence-corrected chi connectivity index (χ4v) is 2.00. The molecule has 0 spiro atoms. The predicted molar refractivity (Wildman–Crippen MR) is 65.7 cm³/mol. The highest BCUT2D eigenvalue weighted by atomic mass is 16.6. The van der Waals surface area contributed by atoms with Gasteiger partial charge in [0, 0.05) is 19.1 Å². The van der Waals surface area contributed by atoms with E-state index < -0.39 is 0 Å². The first-order valence-corrected chi connectivity index (χ1v) is 5.79. The number of fused-ring (bicyclic) bond motifs is 1. The second kappa shape index (κ2) is 4.94. The molecule has 1 aliphatic heterocycles. The maximum atomic E-state index is 5.85. The van der Waals surface area contributed by atoms with E-state index in [9.17, 15) is 0 Å². The van der Waals surface area contributed by atoms with Gasteiger partial charge in [0.05, 0.1) is 6.61 Å². The van der Waals surface area contributed by atoms with Crippen molar-refractivity contribution in [3.8, 4) is 11.5 Å². The molecule has 0 bridgehead atoms. The van der Waals surface area contributed by atoms with Crippen LogP contribution >= 0.6 is 0 Å². The molecule has 0 amide bonds. The Morgan fingerprint density at radius 2 is 2.00 bits per heavy atom. The van der Waals surface area contributed by atoms with Gasteiger partial charge in [-0.05, 0) is 17.7 Å². The van der Waals surface area contributed by atoms with Gasteiger partial charge in [0.2, 0.25) is 0 Å². The highest BCUT2D eigenvalue weighted by Crippen LogP contribution is 2.35. The summed E-state index contributed by atoms with van der Waals surface area (Å²) in [5, 5.41) is 0. The standard InChI is InChI=1S/C13H19NO3/c1-13(8-14,9-15-2)10-3-4-11-12(7-10)17-6-5-16-11/h3-4,7H,5-6,8-9,14H2,1-2H3. The van der Waals surface area contributed by atoms with Crippen LogP contribution < -0.4 is 15.2 Å². The highest BCUT2D eigenvalue weighted by molar-refractivity contribution is 5.46. The van der Waals surface area contributed by atoms with Gasteiger partial charge in [-0.3, -0.25) is 0 Å². The fraction of sp³-hybridized carbons (Fsp3) is 0.538. The Balaban J connectivity index is 2.32. The number of hydrogen-bond donors (Lipinski definition) is 1. The number of rotatable bonds is 4. The van der Waals surface area contributed by atoms with E-state index in [0.29, 0.717) is 26.4 Å². The Hall–Kier alpha value is -1.26. The second-order valence-electron chi connectivity index (χ2n) is 4.56. The molecular formula is C13H19NO3. The Labute approximate surface area is 102 Å². The average molecular weight is 237 g/mol. The Morgan fingerprint density at radius 1 is 1.29 bits per heavy atom. The molecule has 1 aliphatic rings. The van der Waals surface area contributed by atoms with Crippen molar-refractivity contribution < 1.29 is 14.2 Å². The van der Waals surface area contributed by atoms with Crippen molar-refractivity contribution in [1.82, 2.24) is 0 Å². The largest absolute Gasteiger partial charge is 0.486 e. The Kier molecular flexibility index (Phi) is 3.54. The minimum atomic E-state index is -0.190. The van der Waals surface area contributed by atoms with Crippen LogP contribution in [-0.4, -0.2) is 33.5 Å². The number of benzene rings is 1. The molecule has 1 unspecified atom stereocenters. The van der Waals surface area contributed by atoms with Gasteiger partial charge in [0.1, 0.15) is 13.2 Å². The number of hydrogen-bond acceptors (Lipinski definition) is 4. The molecular weight excluding hydrogens is 218 g/mol. The molecule has 0 aromatic heterocycles. The molecule has 1 aromatic rings. The van der Waals surface area contributed by atoms with Crippen molar-refractivity contribution in [3.63, 3.8) is 0 Å². The Bertz CT molecular complexity index is 394. The molecule has 0 saturated carbocycles. The first kappa shape index (κ1) is 12.2. The van der Waals surface area contributed by atoms with Gasteiger partial charge in [-0.2, -0.15) is 0 Å². The molecule has 1 atom stereocenters. The highest BCUT2D eigenvalue weighted by Gasteiger charge is 2.26. The van der Waals surface area contributed by atoms with E-state index in [2.05, 4.69) is 6.92 Å². The van der Waals surface area contributed by atoms with Gasteiger partial charge in [0.15, 0.2) is 11.5 Å². The molecule has 2 N–H and O–H groups in total. The zero-order chi connectivity index (χ0) is 12.3. The minimum Gasteiger partial charge on any atom is -0.486 e. The van der Waals surface area contributed by atoms with Crippen molar-refractivity contribution in [1.29, 1.82) is 0 Å². The molecule has 0 radical (unpaired) electrons. The summed E-state index contributed by atoms with van der Waals surface area (Å²) >= 11 is 0. The van der Waals surface area contributed by atoms with Crippen LogP contribution in [0.5, 0.6) is 11.5 Å². The third-order valence-electron chi connectivity index (χ3n) is 3.15. The molecule has 4 heteroatoms. The van der Waals surface area contributed by atoms with Crippen LogP contribution in [0.15, 0.2) is 18.2 Å². The van der Waals surface area contributed by atoms with Crippen LogP contribution in [0.1, 0.15) is 12.5 Å². The molecule has 1 heterocycles. The van der Waals surface area contributed by atoms with Crippen LogP contribution in [0.3, 0.4) is 0 Å². The molecule has 1 aromatic carbocycles. The van der Waals surface area contributed by atoms with Crippen molar-refractivity contribution in [2.24, 2.45) is 5.73 Å². The predicted octanol–water partition coefficient (Wildman–Crippen LogP) is 1.32. The van der Waals surface area contributed by atoms with Gasteiger partial charge in [-0.15, -0.1) is 0 Å². The molecule has 17 heavy (non-hydrogen) atoms. The lowest BCUT2D eigenvalue weighted by molar-refractivity contribution is 0.140. The third kappa shape index (κ3) is 2.37. The van der Waals surface area contributed by atoms with E-state index in [1.54, 1.807) is 7.11 Å². The monoisotopic (exact) mass is 237 g/mol. The van der Waals surface area contributed by atoms with E-state index in [4.69, 9.17) is 19.9 Å². The summed E-state index contributed by atoms with van der Waals surface area (Å²) in [4.78, 5) is 0. The quantitative estimate of drug-likeness (QED) is 0.858. The molecule has 4 nitrogen and oxygen atoms in total.